The SMILES string of the molecule is CCC(=O)NCc1cccc(-c2nc(-c3ccc4c(c3)CCNC4)c3ccsc3c2-c2ccc(F)cc2OCCOC)c1. The summed E-state index contributed by atoms with van der Waals surface area (Å²) in [6.45, 7) is 4.76. The number of benzene rings is 3. The molecule has 43 heavy (non-hydrogen) atoms. The third-order valence-electron chi connectivity index (χ3n) is 7.74. The van der Waals surface area contributed by atoms with Crippen molar-refractivity contribution in [2.24, 2.45) is 0 Å². The number of amides is 1. The zero-order valence-corrected chi connectivity index (χ0v) is 25.2. The van der Waals surface area contributed by atoms with Gasteiger partial charge in [-0.25, -0.2) is 9.37 Å². The van der Waals surface area contributed by atoms with Crippen molar-refractivity contribution in [1.82, 2.24) is 15.6 Å². The van der Waals surface area contributed by atoms with Crippen molar-refractivity contribution in [1.29, 1.82) is 0 Å². The van der Waals surface area contributed by atoms with Gasteiger partial charge in [0, 0.05) is 65.0 Å². The van der Waals surface area contributed by atoms with Crippen LogP contribution in [0.5, 0.6) is 5.75 Å². The summed E-state index contributed by atoms with van der Waals surface area (Å²) in [5.74, 6) is 0.0652. The van der Waals surface area contributed by atoms with E-state index in [0.29, 0.717) is 25.3 Å². The Hall–Kier alpha value is -4.11. The van der Waals surface area contributed by atoms with E-state index in [0.717, 1.165) is 68.8 Å². The van der Waals surface area contributed by atoms with E-state index in [4.69, 9.17) is 14.5 Å². The third kappa shape index (κ3) is 6.18. The van der Waals surface area contributed by atoms with Gasteiger partial charge in [-0.05, 0) is 65.4 Å². The lowest BCUT2D eigenvalue weighted by atomic mass is 9.93. The van der Waals surface area contributed by atoms with Crippen molar-refractivity contribution in [3.05, 3.63) is 94.6 Å². The Balaban J connectivity index is 1.57. The van der Waals surface area contributed by atoms with Crippen LogP contribution in [0.2, 0.25) is 0 Å². The fraction of sp³-hybridized carbons (Fsp3) is 0.257. The van der Waals surface area contributed by atoms with E-state index >= 15 is 0 Å². The predicted octanol–water partition coefficient (Wildman–Crippen LogP) is 7.13. The molecule has 3 aromatic carbocycles. The Labute approximate surface area is 254 Å². The molecule has 1 aliphatic heterocycles. The predicted molar refractivity (Wildman–Crippen MR) is 171 cm³/mol. The molecule has 2 N–H and O–H groups in total. The zero-order chi connectivity index (χ0) is 29.8. The number of hydrogen-bond acceptors (Lipinski definition) is 6. The average Bonchev–Trinajstić information content (AvgIpc) is 3.53. The van der Waals surface area contributed by atoms with Crippen molar-refractivity contribution < 1.29 is 18.7 Å². The molecule has 220 valence electrons. The molecule has 5 aromatic rings. The smallest absolute Gasteiger partial charge is 0.219 e. The van der Waals surface area contributed by atoms with Gasteiger partial charge in [-0.15, -0.1) is 11.3 Å². The summed E-state index contributed by atoms with van der Waals surface area (Å²) < 4.78 is 26.8. The third-order valence-corrected chi connectivity index (χ3v) is 8.68. The van der Waals surface area contributed by atoms with Gasteiger partial charge in [-0.1, -0.05) is 37.3 Å². The van der Waals surface area contributed by atoms with Crippen LogP contribution in [-0.2, 0) is 29.0 Å². The Morgan fingerprint density at radius 1 is 1.02 bits per heavy atom. The molecule has 0 radical (unpaired) electrons. The fourth-order valence-corrected chi connectivity index (χ4v) is 6.50. The van der Waals surface area contributed by atoms with E-state index in [2.05, 4.69) is 46.3 Å². The van der Waals surface area contributed by atoms with Crippen LogP contribution in [0, 0.1) is 5.82 Å². The van der Waals surface area contributed by atoms with Crippen molar-refractivity contribution in [2.75, 3.05) is 26.9 Å². The van der Waals surface area contributed by atoms with E-state index in [9.17, 15) is 9.18 Å². The molecule has 6 nitrogen and oxygen atoms in total. The molecule has 0 spiro atoms. The highest BCUT2D eigenvalue weighted by molar-refractivity contribution is 7.18. The van der Waals surface area contributed by atoms with Crippen molar-refractivity contribution in [3.8, 4) is 39.4 Å². The number of halogens is 1. The molecule has 1 aliphatic rings. The highest BCUT2D eigenvalue weighted by Gasteiger charge is 2.23. The summed E-state index contributed by atoms with van der Waals surface area (Å²) in [5, 5.41) is 9.54. The first-order chi connectivity index (χ1) is 21.1. The summed E-state index contributed by atoms with van der Waals surface area (Å²) in [6, 6.07) is 21.5. The number of pyridine rings is 1. The normalized spacial score (nSPS) is 12.7. The van der Waals surface area contributed by atoms with Crippen LogP contribution in [0.25, 0.3) is 43.7 Å². The van der Waals surface area contributed by atoms with Gasteiger partial charge >= 0.3 is 0 Å². The van der Waals surface area contributed by atoms with E-state index in [-0.39, 0.29) is 18.3 Å². The van der Waals surface area contributed by atoms with Crippen molar-refractivity contribution >= 4 is 27.3 Å². The monoisotopic (exact) mass is 595 g/mol. The second-order valence-corrected chi connectivity index (χ2v) is 11.5. The first-order valence-electron chi connectivity index (χ1n) is 14.6. The number of carbonyl (C=O) groups is 1. The molecule has 1 amide bonds. The molecule has 0 bridgehead atoms. The zero-order valence-electron chi connectivity index (χ0n) is 24.3. The van der Waals surface area contributed by atoms with Crippen LogP contribution in [-0.4, -0.2) is 37.8 Å². The molecule has 0 unspecified atom stereocenters. The number of nitrogens with one attached hydrogen (secondary N) is 2. The Morgan fingerprint density at radius 3 is 2.77 bits per heavy atom. The lowest BCUT2D eigenvalue weighted by molar-refractivity contribution is -0.120. The minimum atomic E-state index is -0.373. The Morgan fingerprint density at radius 2 is 1.91 bits per heavy atom. The lowest BCUT2D eigenvalue weighted by Crippen LogP contribution is -2.23. The molecule has 0 fully saturated rings. The maximum Gasteiger partial charge on any atom is 0.219 e. The first-order valence-corrected chi connectivity index (χ1v) is 15.5. The fourth-order valence-electron chi connectivity index (χ4n) is 5.54. The van der Waals surface area contributed by atoms with Gasteiger partial charge in [0.05, 0.1) is 18.0 Å². The van der Waals surface area contributed by atoms with Gasteiger partial charge in [0.25, 0.3) is 0 Å². The molecule has 0 saturated carbocycles. The van der Waals surface area contributed by atoms with E-state index < -0.39 is 0 Å². The molecule has 2 aromatic heterocycles. The summed E-state index contributed by atoms with van der Waals surface area (Å²) >= 11 is 1.64. The maximum absolute atomic E-state index is 14.5. The van der Waals surface area contributed by atoms with E-state index in [1.54, 1.807) is 24.5 Å². The number of ether oxygens (including phenoxy) is 2. The van der Waals surface area contributed by atoms with E-state index in [1.165, 1.54) is 23.3 Å². The molecule has 6 rings (SSSR count). The minimum absolute atomic E-state index is 0.00159. The standard InChI is InChI=1S/C35H34FN3O3S/c1-3-31(40)38-20-22-5-4-6-24(17-22)34-32(28-10-9-27(36)19-30(28)42-15-14-41-2)35-29(12-16-43-35)33(39-34)25-7-8-26-21-37-13-11-23(26)18-25/h4-10,12,16-19,37H,3,11,13-15,20-21H2,1-2H3,(H,38,40). The highest BCUT2D eigenvalue weighted by Crippen LogP contribution is 2.46. The number of methoxy groups -OCH3 is 1. The molecule has 0 atom stereocenters. The van der Waals surface area contributed by atoms with Crippen molar-refractivity contribution in [2.45, 2.75) is 32.9 Å². The molecular weight excluding hydrogens is 561 g/mol. The van der Waals surface area contributed by atoms with Gasteiger partial charge < -0.3 is 20.1 Å². The van der Waals surface area contributed by atoms with Gasteiger partial charge in [-0.3, -0.25) is 4.79 Å². The van der Waals surface area contributed by atoms with Crippen LogP contribution >= 0.6 is 11.3 Å². The first kappa shape index (κ1) is 29.0. The number of fused-ring (bicyclic) bond motifs is 2. The Bertz CT molecular complexity index is 1780. The van der Waals surface area contributed by atoms with Crippen molar-refractivity contribution in [3.63, 3.8) is 0 Å². The number of rotatable bonds is 10. The summed E-state index contributed by atoms with van der Waals surface area (Å²) in [4.78, 5) is 17.4. The molecule has 3 heterocycles. The van der Waals surface area contributed by atoms with Crippen LogP contribution in [0.3, 0.4) is 0 Å². The highest BCUT2D eigenvalue weighted by atomic mass is 32.1. The number of hydrogen-bond donors (Lipinski definition) is 2. The van der Waals surface area contributed by atoms with Gasteiger partial charge in [0.1, 0.15) is 18.2 Å². The number of thiophene rings is 1. The largest absolute Gasteiger partial charge is 0.490 e. The van der Waals surface area contributed by atoms with Crippen LogP contribution in [0.15, 0.2) is 72.1 Å². The quantitative estimate of drug-likeness (QED) is 0.168. The maximum atomic E-state index is 14.5. The average molecular weight is 596 g/mol. The molecule has 0 saturated heterocycles. The topological polar surface area (TPSA) is 72.5 Å². The summed E-state index contributed by atoms with van der Waals surface area (Å²) in [6.07, 6.45) is 1.40. The van der Waals surface area contributed by atoms with Gasteiger partial charge in [-0.2, -0.15) is 0 Å². The van der Waals surface area contributed by atoms with Crippen LogP contribution in [0.1, 0.15) is 30.0 Å². The van der Waals surface area contributed by atoms with Crippen LogP contribution in [0.4, 0.5) is 4.39 Å². The second-order valence-electron chi connectivity index (χ2n) is 10.6. The molecular formula is C35H34FN3O3S. The second kappa shape index (κ2) is 13.0. The molecule has 8 heteroatoms. The molecule has 0 aliphatic carbocycles. The number of nitrogens with zero attached hydrogens (tertiary/aromatic N) is 1. The summed E-state index contributed by atoms with van der Waals surface area (Å²) in [7, 11) is 1.61. The number of aromatic nitrogens is 1. The van der Waals surface area contributed by atoms with Gasteiger partial charge in [0.15, 0.2) is 0 Å². The Kier molecular flexibility index (Phi) is 8.79. The summed E-state index contributed by atoms with van der Waals surface area (Å²) in [5.41, 5.74) is 8.94. The lowest BCUT2D eigenvalue weighted by Gasteiger charge is -2.20. The van der Waals surface area contributed by atoms with Gasteiger partial charge in [0.2, 0.25) is 5.91 Å². The minimum Gasteiger partial charge on any atom is -0.490 e. The van der Waals surface area contributed by atoms with E-state index in [1.807, 2.05) is 25.1 Å². The van der Waals surface area contributed by atoms with Crippen LogP contribution < -0.4 is 15.4 Å². The number of carbonyl (C=O) groups excluding carboxylic acids is 1.